The monoisotopic (exact) mass is 389 g/mol. The normalized spacial score (nSPS) is 11.7. The smallest absolute Gasteiger partial charge is 0.338 e. The standard InChI is InChI=1S/C17H10F3N5OS/c18-17(19,20)10-4-1-3-9(7-10)14-22-12-6-2-5-11(13(12)23-14)15(26)24-16-25-21-8-27-16/h1-8H,(H,22,23)(H,24,25,26). The van der Waals surface area contributed by atoms with Crippen molar-refractivity contribution in [3.05, 3.63) is 59.1 Å². The molecule has 136 valence electrons. The molecule has 0 saturated carbocycles. The summed E-state index contributed by atoms with van der Waals surface area (Å²) in [4.78, 5) is 19.8. The van der Waals surface area contributed by atoms with Crippen molar-refractivity contribution in [1.82, 2.24) is 20.2 Å². The lowest BCUT2D eigenvalue weighted by Crippen LogP contribution is -2.12. The lowest BCUT2D eigenvalue weighted by atomic mass is 10.1. The molecule has 0 aliphatic rings. The number of benzene rings is 2. The fourth-order valence-electron chi connectivity index (χ4n) is 2.59. The van der Waals surface area contributed by atoms with Gasteiger partial charge in [-0.2, -0.15) is 13.2 Å². The topological polar surface area (TPSA) is 83.6 Å². The van der Waals surface area contributed by atoms with Crippen LogP contribution in [0.2, 0.25) is 0 Å². The fourth-order valence-corrected chi connectivity index (χ4v) is 3.03. The zero-order valence-electron chi connectivity index (χ0n) is 13.4. The average Bonchev–Trinajstić information content (AvgIpc) is 3.30. The van der Waals surface area contributed by atoms with Crippen molar-refractivity contribution >= 4 is 33.4 Å². The molecular formula is C17H10F3N5OS. The first-order valence-electron chi connectivity index (χ1n) is 7.66. The molecule has 0 fully saturated rings. The minimum absolute atomic E-state index is 0.243. The van der Waals surface area contributed by atoms with Crippen LogP contribution in [0.1, 0.15) is 15.9 Å². The number of carbonyl (C=O) groups excluding carboxylic acids is 1. The summed E-state index contributed by atoms with van der Waals surface area (Å²) in [5.41, 5.74) is 2.15. The molecule has 4 aromatic rings. The highest BCUT2D eigenvalue weighted by molar-refractivity contribution is 7.13. The summed E-state index contributed by atoms with van der Waals surface area (Å²) < 4.78 is 38.8. The Hall–Kier alpha value is -3.27. The van der Waals surface area contributed by atoms with Gasteiger partial charge in [-0.05, 0) is 24.3 Å². The lowest BCUT2D eigenvalue weighted by molar-refractivity contribution is -0.137. The van der Waals surface area contributed by atoms with E-state index in [-0.39, 0.29) is 17.0 Å². The number of hydrogen-bond acceptors (Lipinski definition) is 5. The molecule has 0 radical (unpaired) electrons. The largest absolute Gasteiger partial charge is 0.416 e. The molecule has 2 aromatic heterocycles. The predicted molar refractivity (Wildman–Crippen MR) is 94.4 cm³/mol. The SMILES string of the molecule is O=C(Nc1nncs1)c1cccc2[nH]c(-c3cccc(C(F)(F)F)c3)nc12. The second-order valence-electron chi connectivity index (χ2n) is 5.56. The van der Waals surface area contributed by atoms with Crippen molar-refractivity contribution in [2.75, 3.05) is 5.32 Å². The van der Waals surface area contributed by atoms with Crippen LogP contribution in [0.4, 0.5) is 18.3 Å². The summed E-state index contributed by atoms with van der Waals surface area (Å²) in [6.45, 7) is 0. The zero-order chi connectivity index (χ0) is 19.0. The van der Waals surface area contributed by atoms with Gasteiger partial charge in [-0.25, -0.2) is 4.98 Å². The zero-order valence-corrected chi connectivity index (χ0v) is 14.2. The molecule has 2 N–H and O–H groups in total. The minimum Gasteiger partial charge on any atom is -0.338 e. The van der Waals surface area contributed by atoms with Crippen LogP contribution in [0, 0.1) is 0 Å². The van der Waals surface area contributed by atoms with Gasteiger partial charge in [-0.1, -0.05) is 29.5 Å². The van der Waals surface area contributed by atoms with Gasteiger partial charge in [0.15, 0.2) is 0 Å². The Labute approximate surface area is 154 Å². The predicted octanol–water partition coefficient (Wildman–Crippen LogP) is 4.35. The maximum atomic E-state index is 12.9. The molecule has 2 aromatic carbocycles. The molecule has 0 bridgehead atoms. The molecular weight excluding hydrogens is 379 g/mol. The third kappa shape index (κ3) is 3.38. The average molecular weight is 389 g/mol. The molecule has 0 aliphatic heterocycles. The number of aromatic amines is 1. The first-order chi connectivity index (χ1) is 12.9. The molecule has 0 saturated heterocycles. The Morgan fingerprint density at radius 3 is 2.70 bits per heavy atom. The summed E-state index contributed by atoms with van der Waals surface area (Å²) in [5, 5.41) is 10.3. The molecule has 4 rings (SSSR count). The van der Waals surface area contributed by atoms with Gasteiger partial charge in [0.1, 0.15) is 16.9 Å². The van der Waals surface area contributed by atoms with Crippen LogP contribution in [-0.2, 0) is 6.18 Å². The van der Waals surface area contributed by atoms with E-state index in [1.165, 1.54) is 29.0 Å². The van der Waals surface area contributed by atoms with E-state index in [2.05, 4.69) is 25.5 Å². The van der Waals surface area contributed by atoms with Crippen LogP contribution < -0.4 is 5.32 Å². The van der Waals surface area contributed by atoms with Crippen molar-refractivity contribution in [1.29, 1.82) is 0 Å². The number of H-pyrrole nitrogens is 1. The molecule has 0 atom stereocenters. The summed E-state index contributed by atoms with van der Waals surface area (Å²) in [6, 6.07) is 9.77. The Morgan fingerprint density at radius 2 is 1.96 bits per heavy atom. The molecule has 0 unspecified atom stereocenters. The van der Waals surface area contributed by atoms with Crippen LogP contribution in [0.3, 0.4) is 0 Å². The summed E-state index contributed by atoms with van der Waals surface area (Å²) in [5.74, 6) is -0.188. The fraction of sp³-hybridized carbons (Fsp3) is 0.0588. The molecule has 2 heterocycles. The van der Waals surface area contributed by atoms with E-state index in [0.29, 0.717) is 16.2 Å². The molecule has 6 nitrogen and oxygen atoms in total. The number of nitrogens with one attached hydrogen (secondary N) is 2. The van der Waals surface area contributed by atoms with Crippen LogP contribution >= 0.6 is 11.3 Å². The Kier molecular flexibility index (Phi) is 4.11. The van der Waals surface area contributed by atoms with E-state index in [0.717, 1.165) is 12.1 Å². The van der Waals surface area contributed by atoms with E-state index in [1.807, 2.05) is 0 Å². The van der Waals surface area contributed by atoms with Gasteiger partial charge in [0.2, 0.25) is 5.13 Å². The lowest BCUT2D eigenvalue weighted by Gasteiger charge is -2.07. The number of carbonyl (C=O) groups is 1. The van der Waals surface area contributed by atoms with Crippen molar-refractivity contribution < 1.29 is 18.0 Å². The highest BCUT2D eigenvalue weighted by Crippen LogP contribution is 2.32. The number of alkyl halides is 3. The molecule has 27 heavy (non-hydrogen) atoms. The second kappa shape index (κ2) is 6.47. The number of rotatable bonds is 3. The van der Waals surface area contributed by atoms with Gasteiger partial charge in [-0.3, -0.25) is 10.1 Å². The molecule has 0 aliphatic carbocycles. The molecule has 10 heteroatoms. The number of fused-ring (bicyclic) bond motifs is 1. The third-order valence-electron chi connectivity index (χ3n) is 3.80. The van der Waals surface area contributed by atoms with Crippen LogP contribution in [0.5, 0.6) is 0 Å². The number of halogens is 3. The van der Waals surface area contributed by atoms with Crippen LogP contribution in [0.15, 0.2) is 48.0 Å². The van der Waals surface area contributed by atoms with Gasteiger partial charge < -0.3 is 4.98 Å². The van der Waals surface area contributed by atoms with Gasteiger partial charge in [-0.15, -0.1) is 10.2 Å². The van der Waals surface area contributed by atoms with E-state index in [9.17, 15) is 18.0 Å². The van der Waals surface area contributed by atoms with Gasteiger partial charge in [0.25, 0.3) is 5.91 Å². The van der Waals surface area contributed by atoms with E-state index >= 15 is 0 Å². The third-order valence-corrected chi connectivity index (χ3v) is 4.41. The van der Waals surface area contributed by atoms with Crippen molar-refractivity contribution in [3.8, 4) is 11.4 Å². The van der Waals surface area contributed by atoms with E-state index < -0.39 is 17.6 Å². The number of anilines is 1. The maximum Gasteiger partial charge on any atom is 0.416 e. The molecule has 0 spiro atoms. The van der Waals surface area contributed by atoms with E-state index in [1.54, 1.807) is 18.2 Å². The summed E-state index contributed by atoms with van der Waals surface area (Å²) in [7, 11) is 0. The minimum atomic E-state index is -4.45. The molecule has 1 amide bonds. The number of imidazole rings is 1. The van der Waals surface area contributed by atoms with Crippen LogP contribution in [-0.4, -0.2) is 26.1 Å². The Morgan fingerprint density at radius 1 is 1.15 bits per heavy atom. The van der Waals surface area contributed by atoms with Gasteiger partial charge in [0.05, 0.1) is 16.6 Å². The van der Waals surface area contributed by atoms with Crippen molar-refractivity contribution in [3.63, 3.8) is 0 Å². The van der Waals surface area contributed by atoms with Gasteiger partial charge >= 0.3 is 6.18 Å². The van der Waals surface area contributed by atoms with Crippen molar-refractivity contribution in [2.45, 2.75) is 6.18 Å². The summed E-state index contributed by atoms with van der Waals surface area (Å²) >= 11 is 1.17. The quantitative estimate of drug-likeness (QED) is 0.546. The van der Waals surface area contributed by atoms with Gasteiger partial charge in [0, 0.05) is 5.56 Å². The first-order valence-corrected chi connectivity index (χ1v) is 8.53. The summed E-state index contributed by atoms with van der Waals surface area (Å²) in [6.07, 6.45) is -4.45. The highest BCUT2D eigenvalue weighted by Gasteiger charge is 2.30. The van der Waals surface area contributed by atoms with Crippen molar-refractivity contribution in [2.24, 2.45) is 0 Å². The van der Waals surface area contributed by atoms with Crippen LogP contribution in [0.25, 0.3) is 22.4 Å². The second-order valence-corrected chi connectivity index (χ2v) is 6.40. The number of nitrogens with zero attached hydrogens (tertiary/aromatic N) is 3. The Balaban J connectivity index is 1.74. The number of aromatic nitrogens is 4. The van der Waals surface area contributed by atoms with E-state index in [4.69, 9.17) is 0 Å². The maximum absolute atomic E-state index is 12.9. The highest BCUT2D eigenvalue weighted by atomic mass is 32.1. The number of amides is 1. The first kappa shape index (κ1) is 17.2. The number of hydrogen-bond donors (Lipinski definition) is 2. The number of para-hydroxylation sites is 1. The Bertz CT molecular complexity index is 1120.